The summed E-state index contributed by atoms with van der Waals surface area (Å²) in [6, 6.07) is 0.0828. The third kappa shape index (κ3) is 3.99. The highest BCUT2D eigenvalue weighted by Crippen LogP contribution is 2.20. The molecule has 8 heteroatoms. The van der Waals surface area contributed by atoms with Crippen LogP contribution in [0.15, 0.2) is 4.52 Å². The molecule has 0 saturated carbocycles. The van der Waals surface area contributed by atoms with Gasteiger partial charge in [0.15, 0.2) is 5.82 Å². The molecule has 2 heterocycles. The first-order valence-electron chi connectivity index (χ1n) is 6.57. The number of aromatic nitrogens is 2. The first kappa shape index (κ1) is 14.9. The number of hydrogen-bond donors (Lipinski definition) is 1. The Hall–Kier alpha value is -1.51. The van der Waals surface area contributed by atoms with Crippen LogP contribution in [0.3, 0.4) is 0 Å². The number of carboxylic acid groups (broad SMARTS) is 1. The van der Waals surface area contributed by atoms with Crippen molar-refractivity contribution in [3.8, 4) is 0 Å². The van der Waals surface area contributed by atoms with E-state index in [1.165, 1.54) is 0 Å². The summed E-state index contributed by atoms with van der Waals surface area (Å²) in [7, 11) is 4.11. The zero-order chi connectivity index (χ0) is 14.5. The summed E-state index contributed by atoms with van der Waals surface area (Å²) in [5.41, 5.74) is 0. The van der Waals surface area contributed by atoms with Crippen molar-refractivity contribution < 1.29 is 19.2 Å². The number of rotatable bonds is 5. The lowest BCUT2D eigenvalue weighted by Crippen LogP contribution is -2.31. The van der Waals surface area contributed by atoms with E-state index in [0.29, 0.717) is 11.7 Å². The summed E-state index contributed by atoms with van der Waals surface area (Å²) in [6.45, 7) is 2.52. The Balaban J connectivity index is 1.97. The molecule has 0 bridgehead atoms. The number of nitrogens with zero attached hydrogens (tertiary/aromatic N) is 4. The summed E-state index contributed by atoms with van der Waals surface area (Å²) >= 11 is 0. The lowest BCUT2D eigenvalue weighted by atomic mass is 10.2. The average molecular weight is 284 g/mol. The molecule has 1 N–H and O–H groups in total. The first-order valence-corrected chi connectivity index (χ1v) is 6.57. The molecular weight excluding hydrogens is 264 g/mol. The maximum absolute atomic E-state index is 10.4. The van der Waals surface area contributed by atoms with Gasteiger partial charge < -0.3 is 19.3 Å². The molecule has 1 aromatic heterocycles. The highest BCUT2D eigenvalue weighted by atomic mass is 16.5. The molecule has 20 heavy (non-hydrogen) atoms. The van der Waals surface area contributed by atoms with Gasteiger partial charge in [-0.3, -0.25) is 4.90 Å². The minimum atomic E-state index is -1.02. The Kier molecular flexibility index (Phi) is 5.05. The van der Waals surface area contributed by atoms with Crippen LogP contribution in [0, 0.1) is 0 Å². The van der Waals surface area contributed by atoms with Gasteiger partial charge in [0, 0.05) is 6.54 Å². The summed E-state index contributed by atoms with van der Waals surface area (Å²) < 4.78 is 10.0. The SMILES string of the molecule is CN1CCCN(C)C(c2noc(COCC(=O)O)n2)C1. The molecule has 0 aliphatic carbocycles. The molecular formula is C12H20N4O4. The van der Waals surface area contributed by atoms with Gasteiger partial charge in [-0.1, -0.05) is 5.16 Å². The van der Waals surface area contributed by atoms with Crippen molar-refractivity contribution in [2.75, 3.05) is 40.3 Å². The van der Waals surface area contributed by atoms with Crippen LogP contribution in [0.4, 0.5) is 0 Å². The zero-order valence-corrected chi connectivity index (χ0v) is 11.8. The van der Waals surface area contributed by atoms with Gasteiger partial charge in [-0.25, -0.2) is 4.79 Å². The minimum Gasteiger partial charge on any atom is -0.480 e. The van der Waals surface area contributed by atoms with Crippen molar-refractivity contribution in [1.29, 1.82) is 0 Å². The average Bonchev–Trinajstić information content (AvgIpc) is 2.77. The van der Waals surface area contributed by atoms with Gasteiger partial charge in [0.05, 0.1) is 6.04 Å². The number of hydrogen-bond acceptors (Lipinski definition) is 7. The third-order valence-corrected chi connectivity index (χ3v) is 3.30. The lowest BCUT2D eigenvalue weighted by Gasteiger charge is -2.24. The zero-order valence-electron chi connectivity index (χ0n) is 11.8. The molecule has 112 valence electrons. The highest BCUT2D eigenvalue weighted by Gasteiger charge is 2.26. The van der Waals surface area contributed by atoms with Crippen molar-refractivity contribution in [2.45, 2.75) is 19.1 Å². The van der Waals surface area contributed by atoms with E-state index in [1.54, 1.807) is 0 Å². The Labute approximate surface area is 117 Å². The third-order valence-electron chi connectivity index (χ3n) is 3.30. The summed E-state index contributed by atoms with van der Waals surface area (Å²) in [5, 5.41) is 12.5. The fourth-order valence-corrected chi connectivity index (χ4v) is 2.24. The fourth-order valence-electron chi connectivity index (χ4n) is 2.24. The monoisotopic (exact) mass is 284 g/mol. The largest absolute Gasteiger partial charge is 0.480 e. The van der Waals surface area contributed by atoms with E-state index in [-0.39, 0.29) is 19.3 Å². The van der Waals surface area contributed by atoms with Gasteiger partial charge in [-0.15, -0.1) is 0 Å². The van der Waals surface area contributed by atoms with Gasteiger partial charge in [0.1, 0.15) is 13.2 Å². The second-order valence-corrected chi connectivity index (χ2v) is 5.05. The molecule has 1 aliphatic heterocycles. The number of aliphatic carboxylic acids is 1. The smallest absolute Gasteiger partial charge is 0.329 e. The van der Waals surface area contributed by atoms with Crippen molar-refractivity contribution in [2.24, 2.45) is 0 Å². The molecule has 1 atom stereocenters. The van der Waals surface area contributed by atoms with E-state index in [1.807, 2.05) is 7.05 Å². The quantitative estimate of drug-likeness (QED) is 0.806. The maximum atomic E-state index is 10.4. The molecule has 1 aromatic rings. The number of carboxylic acids is 1. The van der Waals surface area contributed by atoms with E-state index in [4.69, 9.17) is 14.4 Å². The second kappa shape index (κ2) is 6.78. The molecule has 2 rings (SSSR count). The van der Waals surface area contributed by atoms with Crippen LogP contribution in [0.2, 0.25) is 0 Å². The Morgan fingerprint density at radius 2 is 2.30 bits per heavy atom. The molecule has 8 nitrogen and oxygen atoms in total. The normalized spacial score (nSPS) is 21.8. The van der Waals surface area contributed by atoms with E-state index < -0.39 is 5.97 Å². The predicted octanol–water partition coefficient (Wildman–Crippen LogP) is -0.0208. The van der Waals surface area contributed by atoms with Gasteiger partial charge in [0.25, 0.3) is 5.89 Å². The van der Waals surface area contributed by atoms with Crippen molar-refractivity contribution in [3.63, 3.8) is 0 Å². The van der Waals surface area contributed by atoms with Crippen molar-refractivity contribution in [1.82, 2.24) is 19.9 Å². The second-order valence-electron chi connectivity index (χ2n) is 5.05. The molecule has 1 aliphatic rings. The summed E-state index contributed by atoms with van der Waals surface area (Å²) in [5.74, 6) is -0.0911. The van der Waals surface area contributed by atoms with Gasteiger partial charge >= 0.3 is 5.97 Å². The molecule has 1 fully saturated rings. The first-order chi connectivity index (χ1) is 9.56. The number of likely N-dealkylation sites (N-methyl/N-ethyl adjacent to an activating group) is 2. The van der Waals surface area contributed by atoms with E-state index >= 15 is 0 Å². The molecule has 1 unspecified atom stereocenters. The number of ether oxygens (including phenoxy) is 1. The molecule has 1 saturated heterocycles. The maximum Gasteiger partial charge on any atom is 0.329 e. The minimum absolute atomic E-state index is 0.0194. The summed E-state index contributed by atoms with van der Waals surface area (Å²) in [4.78, 5) is 19.1. The van der Waals surface area contributed by atoms with E-state index in [2.05, 4.69) is 27.0 Å². The Morgan fingerprint density at radius 3 is 3.05 bits per heavy atom. The summed E-state index contributed by atoms with van der Waals surface area (Å²) in [6.07, 6.45) is 1.11. The van der Waals surface area contributed by atoms with Crippen molar-refractivity contribution in [3.05, 3.63) is 11.7 Å². The van der Waals surface area contributed by atoms with Crippen LogP contribution in [0.25, 0.3) is 0 Å². The number of carbonyl (C=O) groups is 1. The van der Waals surface area contributed by atoms with Gasteiger partial charge in [0.2, 0.25) is 0 Å². The molecule has 0 amide bonds. The Bertz CT molecular complexity index is 450. The predicted molar refractivity (Wildman–Crippen MR) is 69.1 cm³/mol. The van der Waals surface area contributed by atoms with Crippen LogP contribution in [0.5, 0.6) is 0 Å². The lowest BCUT2D eigenvalue weighted by molar-refractivity contribution is -0.142. The topological polar surface area (TPSA) is 91.9 Å². The van der Waals surface area contributed by atoms with Gasteiger partial charge in [-0.05, 0) is 33.6 Å². The van der Waals surface area contributed by atoms with Crippen LogP contribution in [0.1, 0.15) is 24.2 Å². The highest BCUT2D eigenvalue weighted by molar-refractivity contribution is 5.67. The fraction of sp³-hybridized carbons (Fsp3) is 0.750. The van der Waals surface area contributed by atoms with Crippen LogP contribution in [-0.2, 0) is 16.1 Å². The van der Waals surface area contributed by atoms with Crippen LogP contribution in [-0.4, -0.2) is 71.4 Å². The van der Waals surface area contributed by atoms with E-state index in [0.717, 1.165) is 26.1 Å². The molecule has 0 spiro atoms. The van der Waals surface area contributed by atoms with Crippen LogP contribution < -0.4 is 0 Å². The molecule has 0 radical (unpaired) electrons. The van der Waals surface area contributed by atoms with Gasteiger partial charge in [-0.2, -0.15) is 4.98 Å². The standard InChI is InChI=1S/C12H20N4O4/c1-15-4-3-5-16(2)9(6-15)12-13-10(20-14-12)7-19-8-11(17)18/h9H,3-8H2,1-2H3,(H,17,18). The van der Waals surface area contributed by atoms with E-state index in [9.17, 15) is 4.79 Å². The molecule has 0 aromatic carbocycles. The van der Waals surface area contributed by atoms with Crippen LogP contribution >= 0.6 is 0 Å². The van der Waals surface area contributed by atoms with Crippen molar-refractivity contribution >= 4 is 5.97 Å². The Morgan fingerprint density at radius 1 is 1.50 bits per heavy atom.